The monoisotopic (exact) mass is 257 g/mol. The highest BCUT2D eigenvalue weighted by molar-refractivity contribution is 5.20. The summed E-state index contributed by atoms with van der Waals surface area (Å²) in [7, 11) is 0. The summed E-state index contributed by atoms with van der Waals surface area (Å²) in [5, 5.41) is 0. The Balaban J connectivity index is 0.000000191. The Bertz CT molecular complexity index is 426. The summed E-state index contributed by atoms with van der Waals surface area (Å²) < 4.78 is 5.23. The molecular weight excluding hydrogens is 234 g/mol. The van der Waals surface area contributed by atoms with Crippen LogP contribution in [0.3, 0.4) is 0 Å². The average molecular weight is 257 g/mol. The number of benzene rings is 2. The highest BCUT2D eigenvalue weighted by Gasteiger charge is 1.93. The fourth-order valence-electron chi connectivity index (χ4n) is 1.53. The van der Waals surface area contributed by atoms with Crippen molar-refractivity contribution in [3.8, 4) is 5.75 Å². The van der Waals surface area contributed by atoms with Crippen LogP contribution in [0.5, 0.6) is 5.75 Å². The molecule has 0 aliphatic heterocycles. The Morgan fingerprint density at radius 3 is 1.84 bits per heavy atom. The third kappa shape index (κ3) is 6.63. The van der Waals surface area contributed by atoms with Crippen LogP contribution in [0.15, 0.2) is 60.7 Å². The van der Waals surface area contributed by atoms with E-state index in [1.54, 1.807) is 0 Å². The molecule has 2 aromatic rings. The second kappa shape index (κ2) is 9.17. The van der Waals surface area contributed by atoms with E-state index in [1.807, 2.05) is 36.4 Å². The first-order valence-electron chi connectivity index (χ1n) is 6.67. The Morgan fingerprint density at radius 1 is 0.895 bits per heavy atom. The van der Waals surface area contributed by atoms with Crippen LogP contribution >= 0.6 is 0 Å². The molecule has 0 radical (unpaired) electrons. The van der Waals surface area contributed by atoms with Gasteiger partial charge in [0, 0.05) is 6.54 Å². The lowest BCUT2D eigenvalue weighted by molar-refractivity contribution is 0.328. The van der Waals surface area contributed by atoms with Gasteiger partial charge in [-0.25, -0.2) is 0 Å². The van der Waals surface area contributed by atoms with Crippen LogP contribution in [0, 0.1) is 0 Å². The predicted molar refractivity (Wildman–Crippen MR) is 81.5 cm³/mol. The van der Waals surface area contributed by atoms with Crippen molar-refractivity contribution in [1.29, 1.82) is 0 Å². The zero-order valence-electron chi connectivity index (χ0n) is 11.8. The Hall–Kier alpha value is -1.80. The molecule has 0 saturated heterocycles. The molecule has 2 rings (SSSR count). The van der Waals surface area contributed by atoms with E-state index in [0.29, 0.717) is 19.1 Å². The normalized spacial score (nSPS) is 9.68. The molecule has 2 nitrogen and oxygen atoms in total. The summed E-state index contributed by atoms with van der Waals surface area (Å²) in [6.45, 7) is 5.56. The second-order valence-corrected chi connectivity index (χ2v) is 4.52. The summed E-state index contributed by atoms with van der Waals surface area (Å²) in [6, 6.07) is 20.2. The Kier molecular flexibility index (Phi) is 7.37. The van der Waals surface area contributed by atoms with E-state index in [1.165, 1.54) is 5.56 Å². The molecule has 2 aromatic carbocycles. The standard InChI is InChI=1S/C9H12.C8H11NO/c1-8(2)9-6-4-3-5-7-9;9-6-7-10-8-4-2-1-3-5-8/h3-8H,1-2H3;1-5H,6-7,9H2. The van der Waals surface area contributed by atoms with Crippen LogP contribution in [-0.4, -0.2) is 13.2 Å². The molecule has 0 aromatic heterocycles. The van der Waals surface area contributed by atoms with Crippen molar-refractivity contribution >= 4 is 0 Å². The molecule has 0 fully saturated rings. The zero-order valence-corrected chi connectivity index (χ0v) is 11.8. The topological polar surface area (TPSA) is 35.2 Å². The number of nitrogens with two attached hydrogens (primary N) is 1. The lowest BCUT2D eigenvalue weighted by Crippen LogP contribution is -2.10. The van der Waals surface area contributed by atoms with Gasteiger partial charge in [-0.3, -0.25) is 0 Å². The van der Waals surface area contributed by atoms with E-state index in [2.05, 4.69) is 38.1 Å². The summed E-state index contributed by atoms with van der Waals surface area (Å²) >= 11 is 0. The molecule has 0 aliphatic carbocycles. The number of para-hydroxylation sites is 1. The maximum Gasteiger partial charge on any atom is 0.119 e. The van der Waals surface area contributed by atoms with E-state index >= 15 is 0 Å². The molecule has 0 amide bonds. The van der Waals surface area contributed by atoms with Crippen molar-refractivity contribution < 1.29 is 4.74 Å². The molecular formula is C17H23NO. The van der Waals surface area contributed by atoms with Gasteiger partial charge in [0.25, 0.3) is 0 Å². The molecule has 0 spiro atoms. The van der Waals surface area contributed by atoms with Crippen molar-refractivity contribution in [3.63, 3.8) is 0 Å². The van der Waals surface area contributed by atoms with Crippen LogP contribution in [0.4, 0.5) is 0 Å². The van der Waals surface area contributed by atoms with Gasteiger partial charge in [0.15, 0.2) is 0 Å². The molecule has 0 atom stereocenters. The molecule has 0 saturated carbocycles. The van der Waals surface area contributed by atoms with Gasteiger partial charge in [-0.1, -0.05) is 62.4 Å². The zero-order chi connectivity index (χ0) is 13.9. The minimum absolute atomic E-state index is 0.564. The minimum Gasteiger partial charge on any atom is -0.492 e. The molecule has 102 valence electrons. The van der Waals surface area contributed by atoms with Gasteiger partial charge in [0.05, 0.1) is 0 Å². The van der Waals surface area contributed by atoms with Crippen molar-refractivity contribution in [2.24, 2.45) is 5.73 Å². The van der Waals surface area contributed by atoms with Crippen LogP contribution in [0.1, 0.15) is 25.3 Å². The van der Waals surface area contributed by atoms with Crippen LogP contribution < -0.4 is 10.5 Å². The van der Waals surface area contributed by atoms with Gasteiger partial charge in [0.2, 0.25) is 0 Å². The van der Waals surface area contributed by atoms with E-state index in [4.69, 9.17) is 10.5 Å². The van der Waals surface area contributed by atoms with Gasteiger partial charge in [-0.05, 0) is 23.6 Å². The van der Waals surface area contributed by atoms with Crippen molar-refractivity contribution in [2.45, 2.75) is 19.8 Å². The van der Waals surface area contributed by atoms with E-state index < -0.39 is 0 Å². The first-order chi connectivity index (χ1) is 9.24. The first kappa shape index (κ1) is 15.3. The summed E-state index contributed by atoms with van der Waals surface area (Å²) in [4.78, 5) is 0. The quantitative estimate of drug-likeness (QED) is 0.903. The molecule has 0 aliphatic rings. The minimum atomic E-state index is 0.564. The van der Waals surface area contributed by atoms with E-state index in [0.717, 1.165) is 5.75 Å². The third-order valence-electron chi connectivity index (χ3n) is 2.60. The Labute approximate surface area is 116 Å². The number of rotatable bonds is 4. The SMILES string of the molecule is CC(C)c1ccccc1.NCCOc1ccccc1. The van der Waals surface area contributed by atoms with Gasteiger partial charge in [-0.15, -0.1) is 0 Å². The highest BCUT2D eigenvalue weighted by atomic mass is 16.5. The molecule has 0 heterocycles. The molecule has 0 bridgehead atoms. The lowest BCUT2D eigenvalue weighted by Gasteiger charge is -2.01. The third-order valence-corrected chi connectivity index (χ3v) is 2.60. The smallest absolute Gasteiger partial charge is 0.119 e. The summed E-state index contributed by atoms with van der Waals surface area (Å²) in [5.74, 6) is 1.54. The molecule has 2 N–H and O–H groups in total. The van der Waals surface area contributed by atoms with Gasteiger partial charge in [0.1, 0.15) is 12.4 Å². The number of hydrogen-bond donors (Lipinski definition) is 1. The van der Waals surface area contributed by atoms with Gasteiger partial charge >= 0.3 is 0 Å². The first-order valence-corrected chi connectivity index (χ1v) is 6.67. The average Bonchev–Trinajstić information content (AvgIpc) is 2.48. The van der Waals surface area contributed by atoms with Crippen LogP contribution in [0.2, 0.25) is 0 Å². The fourth-order valence-corrected chi connectivity index (χ4v) is 1.53. The highest BCUT2D eigenvalue weighted by Crippen LogP contribution is 2.11. The summed E-state index contributed by atoms with van der Waals surface area (Å²) in [6.07, 6.45) is 0. The van der Waals surface area contributed by atoms with E-state index in [-0.39, 0.29) is 0 Å². The number of hydrogen-bond acceptors (Lipinski definition) is 2. The maximum atomic E-state index is 5.25. The van der Waals surface area contributed by atoms with Gasteiger partial charge < -0.3 is 10.5 Å². The lowest BCUT2D eigenvalue weighted by atomic mass is 10.0. The predicted octanol–water partition coefficient (Wildman–Crippen LogP) is 3.83. The molecule has 0 unspecified atom stereocenters. The summed E-state index contributed by atoms with van der Waals surface area (Å²) in [5.41, 5.74) is 6.67. The maximum absolute atomic E-state index is 5.25. The second-order valence-electron chi connectivity index (χ2n) is 4.52. The molecule has 19 heavy (non-hydrogen) atoms. The largest absolute Gasteiger partial charge is 0.492 e. The molecule has 2 heteroatoms. The van der Waals surface area contributed by atoms with Crippen molar-refractivity contribution in [1.82, 2.24) is 0 Å². The van der Waals surface area contributed by atoms with Crippen LogP contribution in [0.25, 0.3) is 0 Å². The van der Waals surface area contributed by atoms with E-state index in [9.17, 15) is 0 Å². The van der Waals surface area contributed by atoms with Crippen molar-refractivity contribution in [2.75, 3.05) is 13.2 Å². The fraction of sp³-hybridized carbons (Fsp3) is 0.294. The Morgan fingerprint density at radius 2 is 1.42 bits per heavy atom. The van der Waals surface area contributed by atoms with Gasteiger partial charge in [-0.2, -0.15) is 0 Å². The van der Waals surface area contributed by atoms with Crippen LogP contribution in [-0.2, 0) is 0 Å². The van der Waals surface area contributed by atoms with Crippen molar-refractivity contribution in [3.05, 3.63) is 66.2 Å². The number of ether oxygens (including phenoxy) is 1.